The van der Waals surface area contributed by atoms with Crippen molar-refractivity contribution in [3.05, 3.63) is 10.5 Å². The molecule has 0 saturated carbocycles. The van der Waals surface area contributed by atoms with E-state index in [1.165, 1.54) is 10.5 Å². The molecule has 0 aromatic heterocycles. The molecule has 0 fully saturated rings. The maximum Gasteiger partial charge on any atom is 0.500 e. The molecule has 0 heterocycles. The minimum absolute atomic E-state index is 0.626. The zero-order chi connectivity index (χ0) is 20.7. The Labute approximate surface area is 171 Å². The Hall–Kier alpha value is -0.0494. The molecule has 0 aliphatic rings. The van der Waals surface area contributed by atoms with E-state index in [-0.39, 0.29) is 0 Å². The molecule has 3 radical (unpaired) electrons. The van der Waals surface area contributed by atoms with Gasteiger partial charge in [0.2, 0.25) is 0 Å². The molecular weight excluding hydrogens is 396 g/mol. The highest BCUT2D eigenvalue weighted by Gasteiger charge is 2.39. The van der Waals surface area contributed by atoms with E-state index in [0.717, 1.165) is 25.2 Å². The van der Waals surface area contributed by atoms with Crippen molar-refractivity contribution < 1.29 is 22.1 Å². The minimum Gasteiger partial charge on any atom is -0.392 e. The van der Waals surface area contributed by atoms with Crippen molar-refractivity contribution in [1.29, 1.82) is 0 Å². The molecule has 0 unspecified atom stereocenters. The average molecular weight is 436 g/mol. The molecule has 0 saturated heterocycles. The van der Waals surface area contributed by atoms with Crippen molar-refractivity contribution in [2.45, 2.75) is 40.2 Å². The number of rotatable bonds is 17. The topological polar surface area (TPSA) is 61.4 Å². The number of nitrogens with one attached hydrogen (secondary N) is 1. The predicted molar refractivity (Wildman–Crippen MR) is 115 cm³/mol. The lowest BCUT2D eigenvalue weighted by molar-refractivity contribution is 0.0708. The molecule has 27 heavy (non-hydrogen) atoms. The summed E-state index contributed by atoms with van der Waals surface area (Å²) in [5.74, 6) is 0. The molecule has 10 heteroatoms. The van der Waals surface area contributed by atoms with E-state index >= 15 is 0 Å². The Bertz CT molecular complexity index is 393. The van der Waals surface area contributed by atoms with Gasteiger partial charge in [-0.3, -0.25) is 0 Å². The first kappa shape index (κ1) is 27.0. The summed E-state index contributed by atoms with van der Waals surface area (Å²) in [5, 5.41) is 6.04. The molecule has 7 nitrogen and oxygen atoms in total. The Kier molecular flexibility index (Phi) is 15.8. The van der Waals surface area contributed by atoms with Gasteiger partial charge in [0.1, 0.15) is 0 Å². The van der Waals surface area contributed by atoms with Gasteiger partial charge in [-0.15, -0.1) is 0 Å². The molecule has 0 bridgehead atoms. The molecule has 159 valence electrons. The third-order valence-electron chi connectivity index (χ3n) is 3.77. The van der Waals surface area contributed by atoms with Crippen LogP contribution in [-0.2, 0) is 22.1 Å². The van der Waals surface area contributed by atoms with Crippen LogP contribution in [0.3, 0.4) is 0 Å². The summed E-state index contributed by atoms with van der Waals surface area (Å²) in [5.41, 5.74) is 0. The predicted octanol–water partition coefficient (Wildman–Crippen LogP) is 1.79. The number of nitrogens with zero attached hydrogens (tertiary/aromatic N) is 1. The standard InChI is InChI=1S/C17H39N2O5Si3/c1-9-22-27(23-10-2,24-11-3)14-12-13-18-15-25-16(4)17(19(5)6)26(20-7)21-8/h18H,9-15H2,1-8H3. The highest BCUT2D eigenvalue weighted by atomic mass is 28.4. The van der Waals surface area contributed by atoms with Crippen molar-refractivity contribution in [3.63, 3.8) is 0 Å². The van der Waals surface area contributed by atoms with Gasteiger partial charge in [-0.1, -0.05) is 5.20 Å². The number of hydrogen-bond donors (Lipinski definition) is 1. The third-order valence-corrected chi connectivity index (χ3v) is 10.3. The molecule has 0 amide bonds. The molecule has 0 aliphatic heterocycles. The summed E-state index contributed by atoms with van der Waals surface area (Å²) < 4.78 is 28.7. The van der Waals surface area contributed by atoms with Crippen LogP contribution in [0.5, 0.6) is 0 Å². The van der Waals surface area contributed by atoms with Gasteiger partial charge in [-0.05, 0) is 46.8 Å². The van der Waals surface area contributed by atoms with E-state index in [1.54, 1.807) is 14.2 Å². The highest BCUT2D eigenvalue weighted by Crippen LogP contribution is 2.17. The quantitative estimate of drug-likeness (QED) is 0.276. The fourth-order valence-electron chi connectivity index (χ4n) is 2.75. The van der Waals surface area contributed by atoms with E-state index in [0.29, 0.717) is 29.3 Å². The van der Waals surface area contributed by atoms with Crippen molar-refractivity contribution in [1.82, 2.24) is 10.2 Å². The van der Waals surface area contributed by atoms with Crippen LogP contribution in [-0.4, -0.2) is 93.4 Å². The molecule has 1 N–H and O–H groups in total. The van der Waals surface area contributed by atoms with E-state index in [1.807, 2.05) is 34.9 Å². The van der Waals surface area contributed by atoms with Gasteiger partial charge in [0.25, 0.3) is 0 Å². The lowest BCUT2D eigenvalue weighted by Crippen LogP contribution is -2.46. The average Bonchev–Trinajstić information content (AvgIpc) is 2.62. The maximum atomic E-state index is 5.90. The second-order valence-corrected chi connectivity index (χ2v) is 12.1. The van der Waals surface area contributed by atoms with Crippen LogP contribution >= 0.6 is 0 Å². The normalized spacial score (nSPS) is 13.2. The lowest BCUT2D eigenvalue weighted by atomic mass is 10.5. The molecule has 0 rings (SSSR count). The monoisotopic (exact) mass is 435 g/mol. The zero-order valence-corrected chi connectivity index (χ0v) is 21.4. The van der Waals surface area contributed by atoms with Crippen molar-refractivity contribution in [2.75, 3.05) is 60.8 Å². The van der Waals surface area contributed by atoms with Crippen LogP contribution < -0.4 is 5.32 Å². The molecule has 0 aromatic carbocycles. The fourth-order valence-corrected chi connectivity index (χ4v) is 8.11. The Balaban J connectivity index is 4.48. The first-order valence-electron chi connectivity index (χ1n) is 9.61. The van der Waals surface area contributed by atoms with Gasteiger partial charge in [-0.2, -0.15) is 0 Å². The molecule has 0 aromatic rings. The van der Waals surface area contributed by atoms with Crippen LogP contribution in [0.15, 0.2) is 10.5 Å². The summed E-state index contributed by atoms with van der Waals surface area (Å²) >= 11 is 0. The van der Waals surface area contributed by atoms with Crippen LogP contribution in [0.2, 0.25) is 6.04 Å². The SMILES string of the molecule is CCO[Si](CCCNC[Si]C(C)=C(N(C)C)[Si](OC)OC)(OCC)OCC. The summed E-state index contributed by atoms with van der Waals surface area (Å²) in [6, 6.07) is 0.844. The third kappa shape index (κ3) is 10.3. The molecule has 0 aliphatic carbocycles. The number of hydrogen-bond acceptors (Lipinski definition) is 7. The van der Waals surface area contributed by atoms with Crippen LogP contribution in [0.1, 0.15) is 34.1 Å². The smallest absolute Gasteiger partial charge is 0.392 e. The minimum atomic E-state index is -2.52. The molecule has 0 atom stereocenters. The van der Waals surface area contributed by atoms with Gasteiger partial charge >= 0.3 is 18.1 Å². The first-order valence-corrected chi connectivity index (χ1v) is 14.1. The van der Waals surface area contributed by atoms with Gasteiger partial charge in [0, 0.05) is 54.2 Å². The summed E-state index contributed by atoms with van der Waals surface area (Å²) in [6.45, 7) is 10.9. The second-order valence-electron chi connectivity index (χ2n) is 6.00. The second kappa shape index (κ2) is 15.8. The zero-order valence-electron chi connectivity index (χ0n) is 18.4. The fraction of sp³-hybridized carbons (Fsp3) is 0.882. The van der Waals surface area contributed by atoms with E-state index < -0.39 is 18.1 Å². The van der Waals surface area contributed by atoms with Gasteiger partial charge < -0.3 is 32.3 Å². The first-order chi connectivity index (χ1) is 12.9. The van der Waals surface area contributed by atoms with E-state index in [2.05, 4.69) is 17.1 Å². The van der Waals surface area contributed by atoms with Gasteiger partial charge in [0.05, 0.1) is 14.8 Å². The van der Waals surface area contributed by atoms with Crippen LogP contribution in [0.4, 0.5) is 0 Å². The Morgan fingerprint density at radius 1 is 1.00 bits per heavy atom. The maximum absolute atomic E-state index is 5.90. The highest BCUT2D eigenvalue weighted by molar-refractivity contribution is 6.60. The molecule has 0 spiro atoms. The Morgan fingerprint density at radius 3 is 1.93 bits per heavy atom. The van der Waals surface area contributed by atoms with Crippen molar-refractivity contribution >= 4 is 27.6 Å². The van der Waals surface area contributed by atoms with Gasteiger partial charge in [-0.25, -0.2) is 0 Å². The summed E-state index contributed by atoms with van der Waals surface area (Å²) in [4.78, 5) is 2.11. The van der Waals surface area contributed by atoms with Crippen molar-refractivity contribution in [3.8, 4) is 0 Å². The van der Waals surface area contributed by atoms with E-state index in [4.69, 9.17) is 22.1 Å². The van der Waals surface area contributed by atoms with E-state index in [9.17, 15) is 0 Å². The van der Waals surface area contributed by atoms with Crippen LogP contribution in [0, 0.1) is 0 Å². The Morgan fingerprint density at radius 2 is 1.52 bits per heavy atom. The molecular formula is C17H39N2O5Si3. The number of allylic oxidation sites excluding steroid dienone is 1. The van der Waals surface area contributed by atoms with Crippen molar-refractivity contribution in [2.24, 2.45) is 0 Å². The summed E-state index contributed by atoms with van der Waals surface area (Å²) in [6.07, 6.45) is 1.92. The lowest BCUT2D eigenvalue weighted by Gasteiger charge is -2.28. The summed E-state index contributed by atoms with van der Waals surface area (Å²) in [7, 11) is 4.27. The largest absolute Gasteiger partial charge is 0.500 e. The van der Waals surface area contributed by atoms with Crippen LogP contribution in [0.25, 0.3) is 0 Å². The van der Waals surface area contributed by atoms with Gasteiger partial charge in [0.15, 0.2) is 0 Å².